The van der Waals surface area contributed by atoms with Gasteiger partial charge in [-0.05, 0) is 30.5 Å². The molecule has 0 spiro atoms. The molecule has 1 amide bonds. The molecular weight excluding hydrogens is 259 g/mol. The van der Waals surface area contributed by atoms with Crippen LogP contribution in [0.2, 0.25) is 0 Å². The molecule has 110 valence electrons. The number of halogens is 1. The van der Waals surface area contributed by atoms with Crippen molar-refractivity contribution in [3.05, 3.63) is 35.6 Å². The van der Waals surface area contributed by atoms with Crippen LogP contribution in [0.1, 0.15) is 37.4 Å². The third kappa shape index (κ3) is 3.55. The molecule has 1 fully saturated rings. The minimum Gasteiger partial charge on any atom is -0.386 e. The van der Waals surface area contributed by atoms with Crippen molar-refractivity contribution in [3.63, 3.8) is 0 Å². The second-order valence-electron chi connectivity index (χ2n) is 5.26. The highest BCUT2D eigenvalue weighted by Gasteiger charge is 2.28. The van der Waals surface area contributed by atoms with Crippen molar-refractivity contribution in [2.75, 3.05) is 13.1 Å². The highest BCUT2D eigenvalue weighted by atomic mass is 19.1. The maximum absolute atomic E-state index is 12.9. The summed E-state index contributed by atoms with van der Waals surface area (Å²) in [4.78, 5) is 14.0. The Balaban J connectivity index is 2.03. The molecule has 4 nitrogen and oxygen atoms in total. The number of aliphatic hydroxyl groups excluding tert-OH is 1. The Morgan fingerprint density at radius 3 is 2.25 bits per heavy atom. The van der Waals surface area contributed by atoms with E-state index in [1.165, 1.54) is 24.3 Å². The van der Waals surface area contributed by atoms with Crippen molar-refractivity contribution < 1.29 is 14.3 Å². The highest BCUT2D eigenvalue weighted by Crippen LogP contribution is 2.19. The van der Waals surface area contributed by atoms with Gasteiger partial charge in [-0.15, -0.1) is 0 Å². The van der Waals surface area contributed by atoms with Gasteiger partial charge in [0.2, 0.25) is 5.91 Å². The third-order valence-electron chi connectivity index (χ3n) is 3.75. The molecule has 20 heavy (non-hydrogen) atoms. The molecule has 2 atom stereocenters. The Labute approximate surface area is 118 Å². The molecule has 0 saturated carbocycles. The lowest BCUT2D eigenvalue weighted by Gasteiger charge is -2.26. The lowest BCUT2D eigenvalue weighted by Crippen LogP contribution is -2.47. The number of amides is 1. The van der Waals surface area contributed by atoms with Crippen LogP contribution in [-0.4, -0.2) is 35.0 Å². The smallest absolute Gasteiger partial charge is 0.242 e. The number of benzene rings is 1. The molecule has 0 aromatic heterocycles. The molecular formula is C15H21FN2O2. The van der Waals surface area contributed by atoms with E-state index in [1.54, 1.807) is 4.90 Å². The number of aliphatic hydroxyl groups is 1. The van der Waals surface area contributed by atoms with Crippen LogP contribution in [0, 0.1) is 5.82 Å². The predicted molar refractivity (Wildman–Crippen MR) is 74.4 cm³/mol. The van der Waals surface area contributed by atoms with Crippen molar-refractivity contribution in [2.24, 2.45) is 5.73 Å². The van der Waals surface area contributed by atoms with E-state index in [9.17, 15) is 14.3 Å². The molecule has 0 radical (unpaired) electrons. The molecule has 1 heterocycles. The van der Waals surface area contributed by atoms with Crippen LogP contribution in [0.25, 0.3) is 0 Å². The maximum Gasteiger partial charge on any atom is 0.242 e. The van der Waals surface area contributed by atoms with Crippen molar-refractivity contribution in [1.82, 2.24) is 4.90 Å². The van der Waals surface area contributed by atoms with Gasteiger partial charge in [0.05, 0.1) is 0 Å². The average Bonchev–Trinajstić information content (AvgIpc) is 2.75. The van der Waals surface area contributed by atoms with Gasteiger partial charge in [-0.1, -0.05) is 25.0 Å². The topological polar surface area (TPSA) is 66.6 Å². The Hall–Kier alpha value is -1.46. The summed E-state index contributed by atoms with van der Waals surface area (Å²) in [6.07, 6.45) is 3.10. The van der Waals surface area contributed by atoms with Crippen molar-refractivity contribution in [3.8, 4) is 0 Å². The monoisotopic (exact) mass is 280 g/mol. The highest BCUT2D eigenvalue weighted by molar-refractivity contribution is 5.82. The quantitative estimate of drug-likeness (QED) is 0.883. The fourth-order valence-corrected chi connectivity index (χ4v) is 2.50. The van der Waals surface area contributed by atoms with Crippen LogP contribution in [0.3, 0.4) is 0 Å². The van der Waals surface area contributed by atoms with E-state index in [0.29, 0.717) is 18.7 Å². The SMILES string of the molecule is N[C@@H](C(=O)N1CCCCCC1)[C@@H](O)c1ccc(F)cc1. The first kappa shape index (κ1) is 14.9. The summed E-state index contributed by atoms with van der Waals surface area (Å²) in [7, 11) is 0. The number of nitrogens with zero attached hydrogens (tertiary/aromatic N) is 1. The van der Waals surface area contributed by atoms with Crippen LogP contribution in [0.4, 0.5) is 4.39 Å². The number of likely N-dealkylation sites (tertiary alicyclic amines) is 1. The number of hydrogen-bond donors (Lipinski definition) is 2. The third-order valence-corrected chi connectivity index (χ3v) is 3.75. The number of hydrogen-bond acceptors (Lipinski definition) is 3. The second-order valence-corrected chi connectivity index (χ2v) is 5.26. The van der Waals surface area contributed by atoms with Gasteiger partial charge < -0.3 is 15.7 Å². The van der Waals surface area contributed by atoms with E-state index in [1.807, 2.05) is 0 Å². The molecule has 2 rings (SSSR count). The van der Waals surface area contributed by atoms with Crippen LogP contribution in [-0.2, 0) is 4.79 Å². The molecule has 0 unspecified atom stereocenters. The Morgan fingerprint density at radius 1 is 1.15 bits per heavy atom. The van der Waals surface area contributed by atoms with E-state index in [0.717, 1.165) is 25.7 Å². The first-order chi connectivity index (χ1) is 9.59. The fourth-order valence-electron chi connectivity index (χ4n) is 2.50. The number of carbonyl (C=O) groups is 1. The Bertz CT molecular complexity index is 442. The molecule has 1 aliphatic heterocycles. The summed E-state index contributed by atoms with van der Waals surface area (Å²) < 4.78 is 12.9. The number of carbonyl (C=O) groups excluding carboxylic acids is 1. The largest absolute Gasteiger partial charge is 0.386 e. The van der Waals surface area contributed by atoms with Crippen LogP contribution in [0.5, 0.6) is 0 Å². The van der Waals surface area contributed by atoms with Crippen LogP contribution >= 0.6 is 0 Å². The summed E-state index contributed by atoms with van der Waals surface area (Å²) in [5.41, 5.74) is 6.34. The fraction of sp³-hybridized carbons (Fsp3) is 0.533. The Morgan fingerprint density at radius 2 is 1.70 bits per heavy atom. The van der Waals surface area contributed by atoms with E-state index >= 15 is 0 Å². The van der Waals surface area contributed by atoms with Gasteiger partial charge in [-0.2, -0.15) is 0 Å². The zero-order valence-corrected chi connectivity index (χ0v) is 11.5. The molecule has 1 saturated heterocycles. The molecule has 5 heteroatoms. The summed E-state index contributed by atoms with van der Waals surface area (Å²) in [6.45, 7) is 1.39. The molecule has 0 aliphatic carbocycles. The minimum atomic E-state index is -1.11. The van der Waals surface area contributed by atoms with Gasteiger partial charge in [0.1, 0.15) is 18.0 Å². The summed E-state index contributed by atoms with van der Waals surface area (Å²) in [5, 5.41) is 10.2. The summed E-state index contributed by atoms with van der Waals surface area (Å²) in [5.74, 6) is -0.614. The zero-order valence-electron chi connectivity index (χ0n) is 11.5. The van der Waals surface area contributed by atoms with Crippen LogP contribution in [0.15, 0.2) is 24.3 Å². The van der Waals surface area contributed by atoms with E-state index < -0.39 is 12.1 Å². The molecule has 1 aliphatic rings. The predicted octanol–water partition coefficient (Wildman–Crippen LogP) is 1.59. The molecule has 3 N–H and O–H groups in total. The van der Waals surface area contributed by atoms with Crippen molar-refractivity contribution in [2.45, 2.75) is 37.8 Å². The van der Waals surface area contributed by atoms with E-state index in [4.69, 9.17) is 5.73 Å². The number of nitrogens with two attached hydrogens (primary N) is 1. The van der Waals surface area contributed by atoms with Gasteiger partial charge >= 0.3 is 0 Å². The maximum atomic E-state index is 12.9. The Kier molecular flexibility index (Phi) is 5.09. The lowest BCUT2D eigenvalue weighted by atomic mass is 10.0. The average molecular weight is 280 g/mol. The molecule has 1 aromatic carbocycles. The number of rotatable bonds is 3. The van der Waals surface area contributed by atoms with E-state index in [2.05, 4.69) is 0 Å². The van der Waals surface area contributed by atoms with Gasteiger partial charge in [-0.25, -0.2) is 4.39 Å². The zero-order chi connectivity index (χ0) is 14.5. The van der Waals surface area contributed by atoms with Crippen LogP contribution < -0.4 is 5.73 Å². The van der Waals surface area contributed by atoms with E-state index in [-0.39, 0.29) is 11.7 Å². The standard InChI is InChI=1S/C15H21FN2O2/c16-12-7-5-11(6-8-12)14(19)13(17)15(20)18-9-3-1-2-4-10-18/h5-8,13-14,19H,1-4,9-10,17H2/t13-,14+/m1/s1. The summed E-state index contributed by atoms with van der Waals surface area (Å²) in [6, 6.07) is 4.41. The first-order valence-electron chi connectivity index (χ1n) is 7.07. The normalized spacial score (nSPS) is 19.2. The summed E-state index contributed by atoms with van der Waals surface area (Å²) >= 11 is 0. The second kappa shape index (κ2) is 6.81. The van der Waals surface area contributed by atoms with Gasteiger partial charge in [0.25, 0.3) is 0 Å². The minimum absolute atomic E-state index is 0.233. The molecule has 1 aromatic rings. The van der Waals surface area contributed by atoms with Crippen molar-refractivity contribution in [1.29, 1.82) is 0 Å². The first-order valence-corrected chi connectivity index (χ1v) is 7.07. The van der Waals surface area contributed by atoms with Crippen molar-refractivity contribution >= 4 is 5.91 Å². The lowest BCUT2D eigenvalue weighted by molar-refractivity contribution is -0.135. The van der Waals surface area contributed by atoms with Gasteiger partial charge in [0, 0.05) is 13.1 Å². The molecule has 0 bridgehead atoms. The van der Waals surface area contributed by atoms with Gasteiger partial charge in [0.15, 0.2) is 0 Å². The van der Waals surface area contributed by atoms with Gasteiger partial charge in [-0.3, -0.25) is 4.79 Å².